The predicted molar refractivity (Wildman–Crippen MR) is 85.3 cm³/mol. The summed E-state index contributed by atoms with van der Waals surface area (Å²) in [6.45, 7) is 1.99. The van der Waals surface area contributed by atoms with E-state index in [0.717, 1.165) is 6.42 Å². The van der Waals surface area contributed by atoms with Crippen LogP contribution in [0.5, 0.6) is 0 Å². The maximum atomic E-state index is 13.3. The number of halogens is 1. The fourth-order valence-corrected chi connectivity index (χ4v) is 3.19. The number of carbonyl (C=O) groups excluding carboxylic acids is 2. The van der Waals surface area contributed by atoms with Crippen LogP contribution in [0.15, 0.2) is 42.5 Å². The largest absolute Gasteiger partial charge is 0.465 e. The lowest BCUT2D eigenvalue weighted by Crippen LogP contribution is -2.27. The molecule has 0 fully saturated rings. The van der Waals surface area contributed by atoms with Gasteiger partial charge in [0.1, 0.15) is 5.82 Å². The van der Waals surface area contributed by atoms with E-state index in [9.17, 15) is 14.0 Å². The fraction of sp³-hybridized carbons (Fsp3) is 0.263. The number of esters is 2. The molecule has 0 saturated heterocycles. The molecule has 1 unspecified atom stereocenters. The Bertz CT molecular complexity index is 798. The predicted octanol–water partition coefficient (Wildman–Crippen LogP) is 3.83. The van der Waals surface area contributed by atoms with E-state index in [1.807, 2.05) is 6.92 Å². The monoisotopic (exact) mass is 328 g/mol. The number of methoxy groups -OCH3 is 1. The molecule has 0 saturated carbocycles. The molecule has 0 amide bonds. The first-order valence-electron chi connectivity index (χ1n) is 7.74. The van der Waals surface area contributed by atoms with Gasteiger partial charge in [0, 0.05) is 11.1 Å². The summed E-state index contributed by atoms with van der Waals surface area (Å²) >= 11 is 0. The molecule has 2 aromatic carbocycles. The van der Waals surface area contributed by atoms with Crippen LogP contribution in [-0.2, 0) is 15.1 Å². The molecule has 2 aromatic rings. The van der Waals surface area contributed by atoms with E-state index in [2.05, 4.69) is 0 Å². The molecule has 1 aliphatic heterocycles. The van der Waals surface area contributed by atoms with Crippen molar-refractivity contribution >= 4 is 11.9 Å². The van der Waals surface area contributed by atoms with Crippen molar-refractivity contribution in [2.75, 3.05) is 7.11 Å². The average molecular weight is 328 g/mol. The van der Waals surface area contributed by atoms with Gasteiger partial charge in [-0.15, -0.1) is 0 Å². The zero-order valence-electron chi connectivity index (χ0n) is 13.5. The Morgan fingerprint density at radius 1 is 1.21 bits per heavy atom. The third-order valence-corrected chi connectivity index (χ3v) is 4.28. The standard InChI is InChI=1S/C19H17FO4/c1-3-10-19(13-5-7-14(20)8-6-13)16-9-4-12(17(21)23-2)11-15(16)18(22)24-19/h4-9,11H,3,10H2,1-2H3. The number of fused-ring (bicyclic) bond motifs is 1. The van der Waals surface area contributed by atoms with Gasteiger partial charge in [0.2, 0.25) is 0 Å². The zero-order valence-corrected chi connectivity index (χ0v) is 13.5. The number of ether oxygens (including phenoxy) is 2. The lowest BCUT2D eigenvalue weighted by Gasteiger charge is -2.29. The Kier molecular flexibility index (Phi) is 4.09. The third-order valence-electron chi connectivity index (χ3n) is 4.28. The van der Waals surface area contributed by atoms with Crippen molar-refractivity contribution in [3.8, 4) is 0 Å². The maximum Gasteiger partial charge on any atom is 0.339 e. The molecule has 24 heavy (non-hydrogen) atoms. The third kappa shape index (κ3) is 2.46. The molecule has 1 aliphatic rings. The highest BCUT2D eigenvalue weighted by Gasteiger charge is 2.46. The summed E-state index contributed by atoms with van der Waals surface area (Å²) in [6, 6.07) is 10.8. The van der Waals surface area contributed by atoms with Gasteiger partial charge in [-0.1, -0.05) is 31.5 Å². The highest BCUT2D eigenvalue weighted by Crippen LogP contribution is 2.45. The van der Waals surface area contributed by atoms with E-state index < -0.39 is 17.5 Å². The molecule has 0 aromatic heterocycles. The van der Waals surface area contributed by atoms with Crippen LogP contribution in [0.25, 0.3) is 0 Å². The minimum atomic E-state index is -0.955. The molecule has 0 spiro atoms. The van der Waals surface area contributed by atoms with Gasteiger partial charge in [0.25, 0.3) is 0 Å². The van der Waals surface area contributed by atoms with Crippen LogP contribution in [0, 0.1) is 5.82 Å². The zero-order chi connectivity index (χ0) is 17.3. The topological polar surface area (TPSA) is 52.6 Å². The molecule has 0 radical (unpaired) electrons. The van der Waals surface area contributed by atoms with E-state index in [0.29, 0.717) is 28.7 Å². The van der Waals surface area contributed by atoms with Gasteiger partial charge in [-0.3, -0.25) is 0 Å². The lowest BCUT2D eigenvalue weighted by molar-refractivity contribution is 0.00692. The lowest BCUT2D eigenvalue weighted by atomic mass is 9.82. The molecule has 124 valence electrons. The fourth-order valence-electron chi connectivity index (χ4n) is 3.19. The summed E-state index contributed by atoms with van der Waals surface area (Å²) in [7, 11) is 1.29. The first-order valence-corrected chi connectivity index (χ1v) is 7.74. The molecule has 0 aliphatic carbocycles. The van der Waals surface area contributed by atoms with Crippen molar-refractivity contribution in [1.82, 2.24) is 0 Å². The summed E-state index contributed by atoms with van der Waals surface area (Å²) in [5.41, 5.74) is 1.08. The smallest absolute Gasteiger partial charge is 0.339 e. The minimum Gasteiger partial charge on any atom is -0.465 e. The summed E-state index contributed by atoms with van der Waals surface area (Å²) < 4.78 is 23.7. The van der Waals surface area contributed by atoms with Gasteiger partial charge in [-0.25, -0.2) is 14.0 Å². The van der Waals surface area contributed by atoms with Crippen LogP contribution in [0.4, 0.5) is 4.39 Å². The Morgan fingerprint density at radius 3 is 2.54 bits per heavy atom. The Morgan fingerprint density at radius 2 is 1.92 bits per heavy atom. The minimum absolute atomic E-state index is 0.291. The highest BCUT2D eigenvalue weighted by atomic mass is 19.1. The van der Waals surface area contributed by atoms with E-state index in [1.54, 1.807) is 24.3 Å². The summed E-state index contributed by atoms with van der Waals surface area (Å²) in [5.74, 6) is -1.36. The number of carbonyl (C=O) groups is 2. The number of benzene rings is 2. The van der Waals surface area contributed by atoms with Gasteiger partial charge in [-0.05, 0) is 30.7 Å². The first kappa shape index (κ1) is 16.2. The quantitative estimate of drug-likeness (QED) is 0.801. The summed E-state index contributed by atoms with van der Waals surface area (Å²) in [4.78, 5) is 24.1. The molecule has 4 nitrogen and oxygen atoms in total. The van der Waals surface area contributed by atoms with Gasteiger partial charge in [0.15, 0.2) is 5.60 Å². The van der Waals surface area contributed by atoms with Crippen molar-refractivity contribution in [2.45, 2.75) is 25.4 Å². The highest BCUT2D eigenvalue weighted by molar-refractivity contribution is 5.99. The first-order chi connectivity index (χ1) is 11.5. The van der Waals surface area contributed by atoms with Crippen LogP contribution in [0.3, 0.4) is 0 Å². The van der Waals surface area contributed by atoms with Crippen LogP contribution in [0.2, 0.25) is 0 Å². The maximum absolute atomic E-state index is 13.3. The summed E-state index contributed by atoms with van der Waals surface area (Å²) in [6.07, 6.45) is 1.33. The van der Waals surface area contributed by atoms with Gasteiger partial charge >= 0.3 is 11.9 Å². The van der Waals surface area contributed by atoms with Crippen molar-refractivity contribution in [1.29, 1.82) is 0 Å². The van der Waals surface area contributed by atoms with Crippen molar-refractivity contribution in [3.63, 3.8) is 0 Å². The second kappa shape index (κ2) is 6.07. The van der Waals surface area contributed by atoms with Gasteiger partial charge < -0.3 is 9.47 Å². The number of hydrogen-bond acceptors (Lipinski definition) is 4. The molecule has 0 N–H and O–H groups in total. The second-order valence-electron chi connectivity index (χ2n) is 5.73. The molecule has 1 heterocycles. The van der Waals surface area contributed by atoms with Crippen LogP contribution in [-0.4, -0.2) is 19.0 Å². The number of rotatable bonds is 4. The Labute approximate surface area is 139 Å². The van der Waals surface area contributed by atoms with Crippen molar-refractivity contribution in [3.05, 3.63) is 70.5 Å². The van der Waals surface area contributed by atoms with E-state index in [4.69, 9.17) is 9.47 Å². The van der Waals surface area contributed by atoms with E-state index in [1.165, 1.54) is 25.3 Å². The Hall–Kier alpha value is -2.69. The normalized spacial score (nSPS) is 18.9. The summed E-state index contributed by atoms with van der Waals surface area (Å²) in [5, 5.41) is 0. The average Bonchev–Trinajstić information content (AvgIpc) is 2.88. The molecular weight excluding hydrogens is 311 g/mol. The van der Waals surface area contributed by atoms with Crippen molar-refractivity contribution in [2.24, 2.45) is 0 Å². The molecule has 1 atom stereocenters. The molecule has 3 rings (SSSR count). The van der Waals surface area contributed by atoms with E-state index in [-0.39, 0.29) is 5.82 Å². The second-order valence-corrected chi connectivity index (χ2v) is 5.73. The van der Waals surface area contributed by atoms with Crippen molar-refractivity contribution < 1.29 is 23.5 Å². The SMILES string of the molecule is CCCC1(c2ccc(F)cc2)OC(=O)c2cc(C(=O)OC)ccc21. The van der Waals surface area contributed by atoms with Gasteiger partial charge in [-0.2, -0.15) is 0 Å². The van der Waals surface area contributed by atoms with E-state index >= 15 is 0 Å². The molecule has 5 heteroatoms. The molecule has 0 bridgehead atoms. The van der Waals surface area contributed by atoms with Gasteiger partial charge in [0.05, 0.1) is 18.2 Å². The van der Waals surface area contributed by atoms with Crippen LogP contribution < -0.4 is 0 Å². The van der Waals surface area contributed by atoms with Crippen LogP contribution >= 0.6 is 0 Å². The number of cyclic esters (lactones) is 1. The van der Waals surface area contributed by atoms with Crippen LogP contribution in [0.1, 0.15) is 51.6 Å². The molecular formula is C19H17FO4. The number of hydrogen-bond donors (Lipinski definition) is 0. The Balaban J connectivity index is 2.16.